The number of amides is 1. The summed E-state index contributed by atoms with van der Waals surface area (Å²) in [7, 11) is 0. The Morgan fingerprint density at radius 1 is 1.40 bits per heavy atom. The van der Waals surface area contributed by atoms with Gasteiger partial charge in [-0.05, 0) is 39.7 Å². The summed E-state index contributed by atoms with van der Waals surface area (Å²) in [6.45, 7) is 8.16. The number of nitrogens with one attached hydrogen (secondary N) is 1. The third kappa shape index (κ3) is 4.68. The van der Waals surface area contributed by atoms with Crippen molar-refractivity contribution in [3.63, 3.8) is 0 Å². The molecule has 0 aromatic heterocycles. The topological polar surface area (TPSA) is 79.7 Å². The van der Waals surface area contributed by atoms with Crippen LogP contribution in [0.4, 0.5) is 4.79 Å². The number of nitrogens with zero attached hydrogens (tertiary/aromatic N) is 1. The Balaban J connectivity index is 2.59. The summed E-state index contributed by atoms with van der Waals surface area (Å²) >= 11 is 0. The highest BCUT2D eigenvalue weighted by atomic mass is 16.6. The molecule has 0 radical (unpaired) electrons. The highest BCUT2D eigenvalue weighted by Gasteiger charge is 2.26. The van der Waals surface area contributed by atoms with Gasteiger partial charge in [0.25, 0.3) is 0 Å². The van der Waals surface area contributed by atoms with Gasteiger partial charge >= 0.3 is 12.1 Å². The van der Waals surface area contributed by atoms with Crippen molar-refractivity contribution in [2.24, 2.45) is 0 Å². The molecule has 0 spiro atoms. The minimum Gasteiger partial charge on any atom is -0.461 e. The average molecular weight is 282 g/mol. The molecular formula is C14H22N2O4. The lowest BCUT2D eigenvalue weighted by Gasteiger charge is -2.29. The predicted molar refractivity (Wildman–Crippen MR) is 74.9 cm³/mol. The van der Waals surface area contributed by atoms with E-state index in [1.807, 2.05) is 20.8 Å². The van der Waals surface area contributed by atoms with E-state index in [2.05, 4.69) is 0 Å². The average Bonchev–Trinajstić information content (AvgIpc) is 2.36. The molecule has 0 saturated heterocycles. The zero-order valence-electron chi connectivity index (χ0n) is 12.5. The summed E-state index contributed by atoms with van der Waals surface area (Å²) in [6.07, 6.45) is 1.78. The molecule has 0 unspecified atom stereocenters. The first-order valence-corrected chi connectivity index (χ1v) is 6.67. The quantitative estimate of drug-likeness (QED) is 0.635. The molecule has 20 heavy (non-hydrogen) atoms. The van der Waals surface area contributed by atoms with Crippen molar-refractivity contribution in [1.29, 1.82) is 5.41 Å². The van der Waals surface area contributed by atoms with Crippen LogP contribution >= 0.6 is 0 Å². The van der Waals surface area contributed by atoms with Crippen LogP contribution in [0.5, 0.6) is 0 Å². The molecule has 0 aromatic carbocycles. The van der Waals surface area contributed by atoms with E-state index >= 15 is 0 Å². The largest absolute Gasteiger partial charge is 0.461 e. The maximum absolute atomic E-state index is 11.9. The van der Waals surface area contributed by atoms with Gasteiger partial charge in [-0.1, -0.05) is 6.08 Å². The second kappa shape index (κ2) is 6.54. The molecule has 0 atom stereocenters. The molecule has 0 aliphatic carbocycles. The molecule has 112 valence electrons. The minimum atomic E-state index is -0.621. The maximum atomic E-state index is 11.9. The number of hydrogen-bond donors (Lipinski definition) is 1. The van der Waals surface area contributed by atoms with Crippen molar-refractivity contribution >= 4 is 17.8 Å². The molecular weight excluding hydrogens is 260 g/mol. The number of hydrogen-bond acceptors (Lipinski definition) is 5. The summed E-state index contributed by atoms with van der Waals surface area (Å²) in [5.41, 5.74) is -0.0439. The van der Waals surface area contributed by atoms with Crippen LogP contribution in [0.1, 0.15) is 34.1 Å². The lowest BCUT2D eigenvalue weighted by Crippen LogP contribution is -2.40. The molecule has 0 bridgehead atoms. The molecule has 1 N–H and O–H groups in total. The Kier molecular flexibility index (Phi) is 5.30. The summed E-state index contributed by atoms with van der Waals surface area (Å²) < 4.78 is 10.1. The van der Waals surface area contributed by atoms with Crippen LogP contribution in [0, 0.1) is 5.41 Å². The molecule has 1 amide bonds. The van der Waals surface area contributed by atoms with Gasteiger partial charge in [0.05, 0.1) is 6.61 Å². The van der Waals surface area contributed by atoms with Gasteiger partial charge in [-0.15, -0.1) is 0 Å². The first-order valence-electron chi connectivity index (χ1n) is 6.67. The van der Waals surface area contributed by atoms with Gasteiger partial charge in [-0.25, -0.2) is 9.59 Å². The molecule has 6 heteroatoms. The normalized spacial score (nSPS) is 15.4. The van der Waals surface area contributed by atoms with Crippen molar-refractivity contribution < 1.29 is 19.1 Å². The van der Waals surface area contributed by atoms with E-state index in [0.717, 1.165) is 0 Å². The molecule has 1 aliphatic rings. The van der Waals surface area contributed by atoms with E-state index in [1.54, 1.807) is 17.9 Å². The van der Waals surface area contributed by atoms with E-state index in [-0.39, 0.29) is 18.4 Å². The van der Waals surface area contributed by atoms with E-state index in [9.17, 15) is 9.59 Å². The van der Waals surface area contributed by atoms with Crippen LogP contribution in [-0.2, 0) is 14.3 Å². The third-order valence-corrected chi connectivity index (χ3v) is 2.66. The van der Waals surface area contributed by atoms with E-state index < -0.39 is 11.6 Å². The first-order chi connectivity index (χ1) is 9.24. The van der Waals surface area contributed by atoms with Crippen LogP contribution in [0.15, 0.2) is 11.6 Å². The molecule has 1 rings (SSSR count). The lowest BCUT2D eigenvalue weighted by molar-refractivity contribution is -0.135. The van der Waals surface area contributed by atoms with Crippen molar-refractivity contribution in [1.82, 2.24) is 4.90 Å². The summed E-state index contributed by atoms with van der Waals surface area (Å²) in [5.74, 6) is -0.621. The first kappa shape index (κ1) is 16.2. The van der Waals surface area contributed by atoms with Crippen LogP contribution in [0.3, 0.4) is 0 Å². The molecule has 1 aliphatic heterocycles. The van der Waals surface area contributed by atoms with Crippen LogP contribution in [0.2, 0.25) is 0 Å². The number of esters is 1. The van der Waals surface area contributed by atoms with Crippen LogP contribution in [0.25, 0.3) is 0 Å². The molecule has 0 saturated carbocycles. The number of rotatable bonds is 3. The van der Waals surface area contributed by atoms with Gasteiger partial charge in [0.1, 0.15) is 11.3 Å². The van der Waals surface area contributed by atoms with Gasteiger partial charge < -0.3 is 14.4 Å². The molecule has 6 nitrogen and oxygen atoms in total. The van der Waals surface area contributed by atoms with Crippen LogP contribution < -0.4 is 0 Å². The van der Waals surface area contributed by atoms with Gasteiger partial charge in [-0.3, -0.25) is 5.41 Å². The predicted octanol–water partition coefficient (Wildman–Crippen LogP) is 2.14. The Morgan fingerprint density at radius 2 is 2.05 bits per heavy atom. The molecule has 1 heterocycles. The summed E-state index contributed by atoms with van der Waals surface area (Å²) in [6, 6.07) is 0. The number of carbonyl (C=O) groups excluding carboxylic acids is 2. The summed E-state index contributed by atoms with van der Waals surface area (Å²) in [4.78, 5) is 24.9. The van der Waals surface area contributed by atoms with Crippen molar-refractivity contribution in [3.8, 4) is 0 Å². The Bertz CT molecular complexity index is 435. The number of carbonyl (C=O) groups is 2. The summed E-state index contributed by atoms with van der Waals surface area (Å²) in [5, 5.41) is 7.73. The highest BCUT2D eigenvalue weighted by Crippen LogP contribution is 2.16. The van der Waals surface area contributed by atoms with E-state index in [4.69, 9.17) is 14.9 Å². The molecule has 0 fully saturated rings. The van der Waals surface area contributed by atoms with Crippen molar-refractivity contribution in [3.05, 3.63) is 11.6 Å². The Morgan fingerprint density at radius 3 is 2.50 bits per heavy atom. The smallest absolute Gasteiger partial charge is 0.410 e. The SMILES string of the molecule is CCOC(=O)C(=N)C1=CCN(C(=O)OC(C)(C)C)CC1. The van der Waals surface area contributed by atoms with Crippen molar-refractivity contribution in [2.45, 2.75) is 39.7 Å². The monoisotopic (exact) mass is 282 g/mol. The fraction of sp³-hybridized carbons (Fsp3) is 0.643. The van der Waals surface area contributed by atoms with E-state index in [1.165, 1.54) is 0 Å². The van der Waals surface area contributed by atoms with Crippen molar-refractivity contribution in [2.75, 3.05) is 19.7 Å². The van der Waals surface area contributed by atoms with Gasteiger partial charge in [0, 0.05) is 13.1 Å². The lowest BCUT2D eigenvalue weighted by atomic mass is 10.0. The second-order valence-electron chi connectivity index (χ2n) is 5.50. The Labute approximate surface area is 119 Å². The zero-order chi connectivity index (χ0) is 15.3. The van der Waals surface area contributed by atoms with Crippen LogP contribution in [-0.4, -0.2) is 48.0 Å². The number of ether oxygens (including phenoxy) is 2. The van der Waals surface area contributed by atoms with E-state index in [0.29, 0.717) is 25.1 Å². The third-order valence-electron chi connectivity index (χ3n) is 2.66. The van der Waals surface area contributed by atoms with Gasteiger partial charge in [0.2, 0.25) is 0 Å². The Hall–Kier alpha value is -1.85. The second-order valence-corrected chi connectivity index (χ2v) is 5.50. The fourth-order valence-electron chi connectivity index (χ4n) is 1.72. The van der Waals surface area contributed by atoms with Gasteiger partial charge in [-0.2, -0.15) is 0 Å². The van der Waals surface area contributed by atoms with Gasteiger partial charge in [0.15, 0.2) is 0 Å². The highest BCUT2D eigenvalue weighted by molar-refractivity contribution is 6.41. The molecule has 0 aromatic rings. The maximum Gasteiger partial charge on any atom is 0.410 e. The standard InChI is InChI=1S/C14H22N2O4/c1-5-19-12(17)11(15)10-6-8-16(9-7-10)13(18)20-14(2,3)4/h6,15H,5,7-9H2,1-4H3. The minimum absolute atomic E-state index is 0.129. The zero-order valence-corrected chi connectivity index (χ0v) is 12.5. The fourth-order valence-corrected chi connectivity index (χ4v) is 1.72.